The molecule has 2 heterocycles. The van der Waals surface area contributed by atoms with Gasteiger partial charge >= 0.3 is 0 Å². The molecule has 0 N–H and O–H groups in total. The smallest absolute Gasteiger partial charge is 0.0969 e. The highest BCUT2D eigenvalue weighted by molar-refractivity contribution is 9.10. The van der Waals surface area contributed by atoms with Gasteiger partial charge in [0, 0.05) is 23.5 Å². The Labute approximate surface area is 119 Å². The molecule has 1 aromatic heterocycles. The van der Waals surface area contributed by atoms with Gasteiger partial charge in [-0.15, -0.1) is 11.3 Å². The summed E-state index contributed by atoms with van der Waals surface area (Å²) in [6.45, 7) is 2.58. The highest BCUT2D eigenvalue weighted by Gasteiger charge is 2.52. The number of aromatic nitrogens is 1. The number of halogens is 1. The van der Waals surface area contributed by atoms with E-state index in [9.17, 15) is 0 Å². The van der Waals surface area contributed by atoms with Crippen molar-refractivity contribution in [1.29, 1.82) is 0 Å². The van der Waals surface area contributed by atoms with Crippen LogP contribution in [0.4, 0.5) is 0 Å². The third kappa shape index (κ3) is 1.66. The minimum Gasteiger partial charge on any atom is -0.305 e. The van der Waals surface area contributed by atoms with Crippen LogP contribution in [0.15, 0.2) is 22.7 Å². The van der Waals surface area contributed by atoms with Crippen LogP contribution in [0.25, 0.3) is 10.2 Å². The summed E-state index contributed by atoms with van der Waals surface area (Å²) in [5.74, 6) is 0.717. The van der Waals surface area contributed by atoms with E-state index < -0.39 is 0 Å². The Hall–Kier alpha value is -0.450. The second-order valence-corrected chi connectivity index (χ2v) is 7.92. The van der Waals surface area contributed by atoms with Gasteiger partial charge in [0.05, 0.1) is 15.2 Å². The van der Waals surface area contributed by atoms with Crippen molar-refractivity contribution in [2.45, 2.75) is 18.8 Å². The zero-order valence-electron chi connectivity index (χ0n) is 10.3. The largest absolute Gasteiger partial charge is 0.305 e. The van der Waals surface area contributed by atoms with Crippen LogP contribution in [0.2, 0.25) is 0 Å². The summed E-state index contributed by atoms with van der Waals surface area (Å²) in [5, 5.41) is 1.35. The van der Waals surface area contributed by atoms with Gasteiger partial charge in [-0.25, -0.2) is 4.98 Å². The van der Waals surface area contributed by atoms with E-state index in [0.717, 1.165) is 15.9 Å². The normalized spacial score (nSPS) is 23.2. The van der Waals surface area contributed by atoms with Gasteiger partial charge in [-0.05, 0) is 43.5 Å². The van der Waals surface area contributed by atoms with Crippen molar-refractivity contribution in [3.8, 4) is 0 Å². The van der Waals surface area contributed by atoms with Crippen LogP contribution in [0, 0.1) is 5.41 Å². The second-order valence-electron chi connectivity index (χ2n) is 5.94. The molecule has 2 nitrogen and oxygen atoms in total. The van der Waals surface area contributed by atoms with Crippen molar-refractivity contribution in [1.82, 2.24) is 9.88 Å². The van der Waals surface area contributed by atoms with Crippen molar-refractivity contribution >= 4 is 37.5 Å². The van der Waals surface area contributed by atoms with Crippen LogP contribution < -0.4 is 0 Å². The summed E-state index contributed by atoms with van der Waals surface area (Å²) >= 11 is 5.39. The number of thiazole rings is 1. The molecular formula is C14H15BrN2S. The van der Waals surface area contributed by atoms with E-state index in [-0.39, 0.29) is 0 Å². The predicted molar refractivity (Wildman–Crippen MR) is 79.2 cm³/mol. The van der Waals surface area contributed by atoms with E-state index in [4.69, 9.17) is 4.98 Å². The number of nitrogens with zero attached hydrogens (tertiary/aromatic N) is 2. The van der Waals surface area contributed by atoms with Gasteiger partial charge in [0.1, 0.15) is 0 Å². The van der Waals surface area contributed by atoms with Crippen LogP contribution >= 0.6 is 27.3 Å². The van der Waals surface area contributed by atoms with Gasteiger partial charge in [0.15, 0.2) is 0 Å². The lowest BCUT2D eigenvalue weighted by molar-refractivity contribution is -0.0584. The van der Waals surface area contributed by atoms with Gasteiger partial charge < -0.3 is 4.90 Å². The van der Waals surface area contributed by atoms with Gasteiger partial charge in [0.25, 0.3) is 0 Å². The topological polar surface area (TPSA) is 16.1 Å². The fourth-order valence-electron chi connectivity index (χ4n) is 3.61. The lowest BCUT2D eigenvalue weighted by Crippen LogP contribution is -2.59. The Morgan fingerprint density at radius 3 is 2.89 bits per heavy atom. The monoisotopic (exact) mass is 322 g/mol. The SMILES string of the molecule is CN1CC2(CC(c3nc4cc(Br)ccc4s3)C2)C1. The van der Waals surface area contributed by atoms with E-state index >= 15 is 0 Å². The van der Waals surface area contributed by atoms with Crippen LogP contribution in [-0.4, -0.2) is 30.0 Å². The molecule has 0 unspecified atom stereocenters. The summed E-state index contributed by atoms with van der Waals surface area (Å²) < 4.78 is 2.44. The minimum atomic E-state index is 0.651. The fourth-order valence-corrected chi connectivity index (χ4v) is 5.01. The number of hydrogen-bond donors (Lipinski definition) is 0. The molecule has 2 aliphatic rings. The lowest BCUT2D eigenvalue weighted by Gasteiger charge is -2.58. The van der Waals surface area contributed by atoms with Crippen molar-refractivity contribution in [2.75, 3.05) is 20.1 Å². The maximum Gasteiger partial charge on any atom is 0.0969 e. The summed E-state index contributed by atoms with van der Waals surface area (Å²) in [7, 11) is 2.22. The zero-order chi connectivity index (χ0) is 12.3. The van der Waals surface area contributed by atoms with E-state index in [0.29, 0.717) is 5.41 Å². The highest BCUT2D eigenvalue weighted by Crippen LogP contribution is 2.56. The van der Waals surface area contributed by atoms with Gasteiger partial charge in [-0.1, -0.05) is 15.9 Å². The highest BCUT2D eigenvalue weighted by atomic mass is 79.9. The van der Waals surface area contributed by atoms with Crippen LogP contribution in [0.1, 0.15) is 23.8 Å². The molecular weight excluding hydrogens is 308 g/mol. The van der Waals surface area contributed by atoms with E-state index in [1.54, 1.807) is 0 Å². The first-order valence-corrected chi connectivity index (χ1v) is 7.99. The molecule has 18 heavy (non-hydrogen) atoms. The maximum atomic E-state index is 4.81. The Balaban J connectivity index is 1.57. The Morgan fingerprint density at radius 2 is 2.17 bits per heavy atom. The minimum absolute atomic E-state index is 0.651. The molecule has 1 saturated carbocycles. The fraction of sp³-hybridized carbons (Fsp3) is 0.500. The van der Waals surface area contributed by atoms with Crippen LogP contribution in [-0.2, 0) is 0 Å². The number of fused-ring (bicyclic) bond motifs is 1. The summed E-state index contributed by atoms with van der Waals surface area (Å²) in [4.78, 5) is 7.24. The average molecular weight is 323 g/mol. The standard InChI is InChI=1S/C14H15BrN2S/c1-17-7-14(8-17)5-9(6-14)13-16-11-4-10(15)2-3-12(11)18-13/h2-4,9H,5-8H2,1H3. The molecule has 4 rings (SSSR count). The molecule has 0 atom stereocenters. The molecule has 94 valence electrons. The zero-order valence-corrected chi connectivity index (χ0v) is 12.7. The van der Waals surface area contributed by atoms with Crippen molar-refractivity contribution in [3.63, 3.8) is 0 Å². The summed E-state index contributed by atoms with van der Waals surface area (Å²) in [6.07, 6.45) is 2.69. The molecule has 1 spiro atoms. The molecule has 4 heteroatoms. The first-order chi connectivity index (χ1) is 8.63. The number of hydrogen-bond acceptors (Lipinski definition) is 3. The van der Waals surface area contributed by atoms with Crippen molar-refractivity contribution < 1.29 is 0 Å². The number of rotatable bonds is 1. The first kappa shape index (κ1) is 11.4. The Morgan fingerprint density at radius 1 is 1.39 bits per heavy atom. The predicted octanol–water partition coefficient (Wildman–Crippen LogP) is 3.87. The van der Waals surface area contributed by atoms with Crippen LogP contribution in [0.5, 0.6) is 0 Å². The Kier molecular flexibility index (Phi) is 2.39. The first-order valence-electron chi connectivity index (χ1n) is 6.38. The molecule has 1 aromatic carbocycles. The molecule has 0 amide bonds. The summed E-state index contributed by atoms with van der Waals surface area (Å²) in [5.41, 5.74) is 1.80. The van der Waals surface area contributed by atoms with Crippen LogP contribution in [0.3, 0.4) is 0 Å². The molecule has 1 aliphatic heterocycles. The van der Waals surface area contributed by atoms with Gasteiger partial charge in [-0.2, -0.15) is 0 Å². The van der Waals surface area contributed by atoms with Gasteiger partial charge in [-0.3, -0.25) is 0 Å². The maximum absolute atomic E-state index is 4.81. The molecule has 2 aromatic rings. The average Bonchev–Trinajstić information content (AvgIpc) is 2.63. The molecule has 0 radical (unpaired) electrons. The molecule has 1 aliphatic carbocycles. The molecule has 1 saturated heterocycles. The third-order valence-corrected chi connectivity index (χ3v) is 5.98. The van der Waals surface area contributed by atoms with Gasteiger partial charge in [0.2, 0.25) is 0 Å². The van der Waals surface area contributed by atoms with Crippen molar-refractivity contribution in [2.24, 2.45) is 5.41 Å². The quantitative estimate of drug-likeness (QED) is 0.792. The summed E-state index contributed by atoms with van der Waals surface area (Å²) in [6, 6.07) is 6.40. The van der Waals surface area contributed by atoms with E-state index in [1.165, 1.54) is 35.6 Å². The third-order valence-electron chi connectivity index (χ3n) is 4.28. The number of benzene rings is 1. The second kappa shape index (κ2) is 3.78. The number of likely N-dealkylation sites (tertiary alicyclic amines) is 1. The molecule has 0 bridgehead atoms. The van der Waals surface area contributed by atoms with E-state index in [2.05, 4.69) is 46.1 Å². The van der Waals surface area contributed by atoms with E-state index in [1.807, 2.05) is 11.3 Å². The Bertz CT molecular complexity index is 607. The lowest BCUT2D eigenvalue weighted by atomic mass is 9.58. The van der Waals surface area contributed by atoms with Crippen molar-refractivity contribution in [3.05, 3.63) is 27.7 Å². The molecule has 2 fully saturated rings.